The zero-order chi connectivity index (χ0) is 20.0. The standard InChI is InChI=1S/C22H40O5S/c1-21(2)18-16-19(21)22(3)20(17-18)26-12-4-8-24-10-6-14-28(23)15-7-11-25-9-5-13-27-22/h18-20H,4-17H2,1-3H3/t18?,19?,20?,22-,28?/m1/s1. The molecule has 0 aromatic heterocycles. The molecule has 0 radical (unpaired) electrons. The lowest BCUT2D eigenvalue weighted by Gasteiger charge is -2.66. The Morgan fingerprint density at radius 1 is 0.786 bits per heavy atom. The van der Waals surface area contributed by atoms with Gasteiger partial charge < -0.3 is 18.9 Å². The summed E-state index contributed by atoms with van der Waals surface area (Å²) in [5.41, 5.74) is 0.137. The van der Waals surface area contributed by atoms with E-state index in [4.69, 9.17) is 18.9 Å². The lowest BCUT2D eigenvalue weighted by Crippen LogP contribution is -2.68. The van der Waals surface area contributed by atoms with Crippen LogP contribution in [-0.4, -0.2) is 67.1 Å². The molecule has 1 heterocycles. The van der Waals surface area contributed by atoms with Gasteiger partial charge in [0.25, 0.3) is 0 Å². The first kappa shape index (κ1) is 22.7. The Labute approximate surface area is 173 Å². The molecule has 28 heavy (non-hydrogen) atoms. The molecular weight excluding hydrogens is 376 g/mol. The van der Waals surface area contributed by atoms with Gasteiger partial charge in [0, 0.05) is 61.9 Å². The van der Waals surface area contributed by atoms with E-state index in [1.165, 1.54) is 6.42 Å². The van der Waals surface area contributed by atoms with E-state index in [-0.39, 0.29) is 11.7 Å². The van der Waals surface area contributed by atoms with Crippen LogP contribution in [0.3, 0.4) is 0 Å². The van der Waals surface area contributed by atoms with Gasteiger partial charge in [0.15, 0.2) is 0 Å². The SMILES string of the molecule is CC1(C)C2CC3OCCCOCCCS(=O)CCCOCCCO[C@]3(C)C1C2. The van der Waals surface area contributed by atoms with Crippen LogP contribution in [0.15, 0.2) is 0 Å². The van der Waals surface area contributed by atoms with Crippen molar-refractivity contribution in [3.63, 3.8) is 0 Å². The highest BCUT2D eigenvalue weighted by atomic mass is 32.2. The minimum Gasteiger partial charge on any atom is -0.381 e. The normalized spacial score (nSPS) is 41.5. The molecule has 5 nitrogen and oxygen atoms in total. The van der Waals surface area contributed by atoms with Crippen molar-refractivity contribution in [2.75, 3.05) is 51.1 Å². The van der Waals surface area contributed by atoms with E-state index in [2.05, 4.69) is 20.8 Å². The molecule has 0 aromatic carbocycles. The summed E-state index contributed by atoms with van der Waals surface area (Å²) in [6, 6.07) is 0. The molecule has 4 unspecified atom stereocenters. The Balaban J connectivity index is 1.54. The molecule has 1 saturated heterocycles. The van der Waals surface area contributed by atoms with E-state index in [0.717, 1.165) is 56.1 Å². The van der Waals surface area contributed by atoms with E-state index in [0.29, 0.717) is 44.4 Å². The topological polar surface area (TPSA) is 54.0 Å². The van der Waals surface area contributed by atoms with Crippen molar-refractivity contribution in [3.8, 4) is 0 Å². The molecule has 3 saturated carbocycles. The van der Waals surface area contributed by atoms with Crippen LogP contribution in [0.1, 0.15) is 59.3 Å². The molecule has 0 aromatic rings. The predicted octanol–water partition coefficient (Wildman–Crippen LogP) is 3.57. The van der Waals surface area contributed by atoms with Gasteiger partial charge >= 0.3 is 0 Å². The third-order valence-corrected chi connectivity index (χ3v) is 8.71. The summed E-state index contributed by atoms with van der Waals surface area (Å²) in [5, 5.41) is 0. The average Bonchev–Trinajstić information content (AvgIpc) is 2.66. The van der Waals surface area contributed by atoms with Crippen LogP contribution in [0, 0.1) is 17.3 Å². The van der Waals surface area contributed by atoms with Crippen molar-refractivity contribution in [3.05, 3.63) is 0 Å². The van der Waals surface area contributed by atoms with Gasteiger partial charge in [-0.1, -0.05) is 13.8 Å². The maximum atomic E-state index is 11.9. The molecule has 0 amide bonds. The van der Waals surface area contributed by atoms with Gasteiger partial charge in [0.2, 0.25) is 0 Å². The average molecular weight is 417 g/mol. The van der Waals surface area contributed by atoms with E-state index >= 15 is 0 Å². The van der Waals surface area contributed by atoms with Crippen LogP contribution in [0.2, 0.25) is 0 Å². The van der Waals surface area contributed by atoms with E-state index in [1.807, 2.05) is 0 Å². The smallest absolute Gasteiger partial charge is 0.0948 e. The first-order valence-corrected chi connectivity index (χ1v) is 12.7. The molecule has 1 aliphatic heterocycles. The summed E-state index contributed by atoms with van der Waals surface area (Å²) in [5.74, 6) is 2.76. The molecule has 6 heteroatoms. The van der Waals surface area contributed by atoms with Crippen molar-refractivity contribution in [2.24, 2.45) is 17.3 Å². The molecule has 2 bridgehead atoms. The van der Waals surface area contributed by atoms with Crippen molar-refractivity contribution in [2.45, 2.75) is 71.0 Å². The highest BCUT2D eigenvalue weighted by molar-refractivity contribution is 7.84. The third kappa shape index (κ3) is 5.37. The second-order valence-electron chi connectivity index (χ2n) is 9.42. The van der Waals surface area contributed by atoms with Crippen molar-refractivity contribution >= 4 is 10.8 Å². The van der Waals surface area contributed by atoms with E-state index in [1.54, 1.807) is 0 Å². The largest absolute Gasteiger partial charge is 0.381 e. The molecule has 4 rings (SSSR count). The first-order chi connectivity index (χ1) is 13.4. The van der Waals surface area contributed by atoms with Crippen LogP contribution < -0.4 is 0 Å². The molecule has 4 aliphatic rings. The van der Waals surface area contributed by atoms with Crippen molar-refractivity contribution < 1.29 is 23.2 Å². The summed E-state index contributed by atoms with van der Waals surface area (Å²) in [4.78, 5) is 0. The molecule has 4 fully saturated rings. The molecular formula is C22H40O5S. The quantitative estimate of drug-likeness (QED) is 0.604. The summed E-state index contributed by atoms with van der Waals surface area (Å²) < 4.78 is 36.2. The van der Waals surface area contributed by atoms with Gasteiger partial charge in [-0.25, -0.2) is 0 Å². The van der Waals surface area contributed by atoms with Gasteiger partial charge in [-0.05, 0) is 62.7 Å². The Morgan fingerprint density at radius 2 is 1.39 bits per heavy atom. The van der Waals surface area contributed by atoms with Crippen LogP contribution in [0.25, 0.3) is 0 Å². The number of rotatable bonds is 0. The summed E-state index contributed by atoms with van der Waals surface area (Å²) in [6.07, 6.45) is 6.07. The van der Waals surface area contributed by atoms with E-state index in [9.17, 15) is 4.21 Å². The summed E-state index contributed by atoms with van der Waals surface area (Å²) in [6.45, 7) is 11.3. The number of hydrogen-bond donors (Lipinski definition) is 0. The predicted molar refractivity (Wildman–Crippen MR) is 112 cm³/mol. The van der Waals surface area contributed by atoms with Crippen LogP contribution in [0.5, 0.6) is 0 Å². The second-order valence-corrected chi connectivity index (χ2v) is 11.1. The molecule has 5 atom stereocenters. The fraction of sp³-hybridized carbons (Fsp3) is 1.00. The Kier molecular flexibility index (Phi) is 8.37. The Bertz CT molecular complexity index is 511. The van der Waals surface area contributed by atoms with E-state index < -0.39 is 10.8 Å². The van der Waals surface area contributed by atoms with Gasteiger partial charge in [0.1, 0.15) is 0 Å². The zero-order valence-corrected chi connectivity index (χ0v) is 18.9. The fourth-order valence-corrected chi connectivity index (χ4v) is 6.41. The lowest BCUT2D eigenvalue weighted by molar-refractivity contribution is -0.276. The maximum absolute atomic E-state index is 11.9. The highest BCUT2D eigenvalue weighted by Crippen LogP contribution is 2.64. The van der Waals surface area contributed by atoms with Gasteiger partial charge in [-0.2, -0.15) is 0 Å². The molecule has 0 spiro atoms. The summed E-state index contributed by atoms with van der Waals surface area (Å²) >= 11 is 0. The first-order valence-electron chi connectivity index (χ1n) is 11.2. The van der Waals surface area contributed by atoms with Crippen molar-refractivity contribution in [1.29, 1.82) is 0 Å². The molecule has 0 N–H and O–H groups in total. The summed E-state index contributed by atoms with van der Waals surface area (Å²) in [7, 11) is -0.755. The minimum atomic E-state index is -0.755. The number of hydrogen-bond acceptors (Lipinski definition) is 5. The van der Waals surface area contributed by atoms with Gasteiger partial charge in [-0.15, -0.1) is 0 Å². The Hall–Kier alpha value is -0.0100. The monoisotopic (exact) mass is 416 g/mol. The highest BCUT2D eigenvalue weighted by Gasteiger charge is 2.64. The van der Waals surface area contributed by atoms with Gasteiger partial charge in [0.05, 0.1) is 11.7 Å². The zero-order valence-electron chi connectivity index (χ0n) is 18.1. The lowest BCUT2D eigenvalue weighted by atomic mass is 9.43. The van der Waals surface area contributed by atoms with Crippen molar-refractivity contribution in [1.82, 2.24) is 0 Å². The maximum Gasteiger partial charge on any atom is 0.0948 e. The van der Waals surface area contributed by atoms with Crippen LogP contribution in [0.4, 0.5) is 0 Å². The minimum absolute atomic E-state index is 0.176. The Morgan fingerprint density at radius 3 is 2.04 bits per heavy atom. The second kappa shape index (κ2) is 10.3. The third-order valence-electron chi connectivity index (χ3n) is 7.22. The number of ether oxygens (including phenoxy) is 4. The molecule has 3 aliphatic carbocycles. The van der Waals surface area contributed by atoms with Crippen LogP contribution in [-0.2, 0) is 29.7 Å². The fourth-order valence-electron chi connectivity index (χ4n) is 5.32. The van der Waals surface area contributed by atoms with Crippen LogP contribution >= 0.6 is 0 Å². The van der Waals surface area contributed by atoms with Gasteiger partial charge in [-0.3, -0.25) is 4.21 Å². The molecule has 164 valence electrons.